The molecule has 18 heavy (non-hydrogen) atoms. The van der Waals surface area contributed by atoms with E-state index in [-0.39, 0.29) is 5.91 Å². The second-order valence-electron chi connectivity index (χ2n) is 4.32. The molecule has 2 nitrogen and oxygen atoms in total. The number of amides is 1. The third-order valence-corrected chi connectivity index (χ3v) is 3.81. The zero-order chi connectivity index (χ0) is 13.1. The van der Waals surface area contributed by atoms with E-state index in [1.54, 1.807) is 0 Å². The van der Waals surface area contributed by atoms with Gasteiger partial charge in [-0.15, -0.1) is 11.3 Å². The summed E-state index contributed by atoms with van der Waals surface area (Å²) in [6.45, 7) is 6.78. The number of anilines is 1. The van der Waals surface area contributed by atoms with Gasteiger partial charge in [0.2, 0.25) is 0 Å². The zero-order valence-electron chi connectivity index (χ0n) is 10.9. The van der Waals surface area contributed by atoms with Crippen molar-refractivity contribution < 1.29 is 4.79 Å². The summed E-state index contributed by atoms with van der Waals surface area (Å²) in [5.41, 5.74) is 3.32. The van der Waals surface area contributed by atoms with Gasteiger partial charge in [0.25, 0.3) is 5.91 Å². The highest BCUT2D eigenvalue weighted by Crippen LogP contribution is 2.24. The fourth-order valence-corrected chi connectivity index (χ4v) is 2.64. The number of aryl methyl sites for hydroxylation is 2. The van der Waals surface area contributed by atoms with Gasteiger partial charge in [-0.3, -0.25) is 4.79 Å². The minimum Gasteiger partial charge on any atom is -0.308 e. The Kier molecular flexibility index (Phi) is 3.82. The minimum absolute atomic E-state index is 0.0844. The first-order valence-corrected chi connectivity index (χ1v) is 6.94. The number of hydrogen-bond acceptors (Lipinski definition) is 2. The van der Waals surface area contributed by atoms with Gasteiger partial charge < -0.3 is 4.90 Å². The Balaban J connectivity index is 2.39. The molecule has 1 heterocycles. The fraction of sp³-hybridized carbons (Fsp3) is 0.267. The highest BCUT2D eigenvalue weighted by Gasteiger charge is 2.18. The number of nitrogens with zero attached hydrogens (tertiary/aromatic N) is 1. The monoisotopic (exact) mass is 259 g/mol. The molecule has 1 amide bonds. The normalized spacial score (nSPS) is 10.4. The maximum Gasteiger partial charge on any atom is 0.268 e. The summed E-state index contributed by atoms with van der Waals surface area (Å²) in [5, 5.41) is 1.93. The van der Waals surface area contributed by atoms with Crippen LogP contribution in [0.1, 0.15) is 27.7 Å². The van der Waals surface area contributed by atoms with E-state index in [4.69, 9.17) is 0 Å². The van der Waals surface area contributed by atoms with Crippen LogP contribution in [-0.2, 0) is 0 Å². The van der Waals surface area contributed by atoms with Crippen LogP contribution in [0.4, 0.5) is 5.69 Å². The van der Waals surface area contributed by atoms with Crippen molar-refractivity contribution in [3.63, 3.8) is 0 Å². The number of thiophene rings is 1. The van der Waals surface area contributed by atoms with E-state index in [0.29, 0.717) is 6.54 Å². The molecule has 2 rings (SSSR count). The largest absolute Gasteiger partial charge is 0.308 e. The van der Waals surface area contributed by atoms with Gasteiger partial charge in [-0.1, -0.05) is 18.2 Å². The first kappa shape index (κ1) is 12.8. The molecule has 2 aromatic rings. The number of carbonyl (C=O) groups is 1. The molecule has 0 unspecified atom stereocenters. The van der Waals surface area contributed by atoms with E-state index < -0.39 is 0 Å². The molecule has 0 radical (unpaired) electrons. The second kappa shape index (κ2) is 5.36. The molecule has 0 aliphatic heterocycles. The second-order valence-corrected chi connectivity index (χ2v) is 5.26. The molecule has 3 heteroatoms. The molecule has 0 atom stereocenters. The van der Waals surface area contributed by atoms with Crippen molar-refractivity contribution in [1.29, 1.82) is 0 Å². The quantitative estimate of drug-likeness (QED) is 0.815. The standard InChI is InChI=1S/C15H17NOS/c1-4-16(15(17)14-6-5-9-18-14)13-10-11(2)7-8-12(13)3/h5-10H,4H2,1-3H3. The van der Waals surface area contributed by atoms with E-state index in [1.165, 1.54) is 16.9 Å². The molecule has 0 fully saturated rings. The van der Waals surface area contributed by atoms with Crippen LogP contribution in [0, 0.1) is 13.8 Å². The lowest BCUT2D eigenvalue weighted by molar-refractivity contribution is 0.0992. The van der Waals surface area contributed by atoms with Gasteiger partial charge in [0.15, 0.2) is 0 Å². The van der Waals surface area contributed by atoms with Crippen LogP contribution in [0.3, 0.4) is 0 Å². The molecule has 0 saturated carbocycles. The molecule has 0 saturated heterocycles. The molecule has 0 N–H and O–H groups in total. The highest BCUT2D eigenvalue weighted by molar-refractivity contribution is 7.12. The third kappa shape index (κ3) is 2.46. The van der Waals surface area contributed by atoms with Crippen LogP contribution >= 0.6 is 11.3 Å². The average molecular weight is 259 g/mol. The van der Waals surface area contributed by atoms with Crippen LogP contribution in [0.2, 0.25) is 0 Å². The van der Waals surface area contributed by atoms with E-state index in [9.17, 15) is 4.79 Å². The maximum absolute atomic E-state index is 12.4. The lowest BCUT2D eigenvalue weighted by Gasteiger charge is -2.22. The Morgan fingerprint density at radius 2 is 2.06 bits per heavy atom. The average Bonchev–Trinajstić information content (AvgIpc) is 2.88. The number of rotatable bonds is 3. The summed E-state index contributed by atoms with van der Waals surface area (Å²) in [6.07, 6.45) is 0. The number of carbonyl (C=O) groups excluding carboxylic acids is 1. The van der Waals surface area contributed by atoms with Crippen LogP contribution in [0.25, 0.3) is 0 Å². The topological polar surface area (TPSA) is 20.3 Å². The molecule has 1 aromatic heterocycles. The van der Waals surface area contributed by atoms with Crippen molar-refractivity contribution in [3.8, 4) is 0 Å². The van der Waals surface area contributed by atoms with Gasteiger partial charge in [0.1, 0.15) is 0 Å². The summed E-state index contributed by atoms with van der Waals surface area (Å²) in [4.78, 5) is 15.1. The highest BCUT2D eigenvalue weighted by atomic mass is 32.1. The van der Waals surface area contributed by atoms with Crippen molar-refractivity contribution in [1.82, 2.24) is 0 Å². The Morgan fingerprint density at radius 1 is 1.28 bits per heavy atom. The first-order valence-electron chi connectivity index (χ1n) is 6.06. The van der Waals surface area contributed by atoms with Gasteiger partial charge in [-0.25, -0.2) is 0 Å². The van der Waals surface area contributed by atoms with E-state index in [1.807, 2.05) is 43.2 Å². The minimum atomic E-state index is 0.0844. The molecule has 1 aromatic carbocycles. The zero-order valence-corrected chi connectivity index (χ0v) is 11.8. The van der Waals surface area contributed by atoms with Gasteiger partial charge in [0.05, 0.1) is 4.88 Å². The van der Waals surface area contributed by atoms with Gasteiger partial charge in [0, 0.05) is 12.2 Å². The van der Waals surface area contributed by atoms with Crippen LogP contribution < -0.4 is 4.90 Å². The van der Waals surface area contributed by atoms with E-state index in [2.05, 4.69) is 18.2 Å². The summed E-state index contributed by atoms with van der Waals surface area (Å²) < 4.78 is 0. The van der Waals surface area contributed by atoms with E-state index in [0.717, 1.165) is 16.1 Å². The molecular formula is C15H17NOS. The third-order valence-electron chi connectivity index (χ3n) is 2.95. The van der Waals surface area contributed by atoms with Crippen molar-refractivity contribution in [2.75, 3.05) is 11.4 Å². The molecule has 0 aliphatic rings. The van der Waals surface area contributed by atoms with Gasteiger partial charge in [-0.2, -0.15) is 0 Å². The molecule has 0 spiro atoms. The molecule has 0 bridgehead atoms. The summed E-state index contributed by atoms with van der Waals surface area (Å²) in [7, 11) is 0. The number of benzene rings is 1. The van der Waals surface area contributed by atoms with Crippen LogP contribution in [0.15, 0.2) is 35.7 Å². The molecular weight excluding hydrogens is 242 g/mol. The fourth-order valence-electron chi connectivity index (χ4n) is 1.97. The Hall–Kier alpha value is -1.61. The van der Waals surface area contributed by atoms with Crippen molar-refractivity contribution in [3.05, 3.63) is 51.7 Å². The predicted octanol–water partition coefficient (Wildman–Crippen LogP) is 4.03. The lowest BCUT2D eigenvalue weighted by atomic mass is 10.1. The molecule has 94 valence electrons. The first-order chi connectivity index (χ1) is 8.63. The smallest absolute Gasteiger partial charge is 0.268 e. The SMILES string of the molecule is CCN(C(=O)c1cccs1)c1cc(C)ccc1C. The Morgan fingerprint density at radius 3 is 2.67 bits per heavy atom. The van der Waals surface area contributed by atoms with Crippen molar-refractivity contribution in [2.45, 2.75) is 20.8 Å². The van der Waals surface area contributed by atoms with Crippen molar-refractivity contribution in [2.24, 2.45) is 0 Å². The predicted molar refractivity (Wildman–Crippen MR) is 77.6 cm³/mol. The van der Waals surface area contributed by atoms with Gasteiger partial charge >= 0.3 is 0 Å². The van der Waals surface area contributed by atoms with Crippen LogP contribution in [-0.4, -0.2) is 12.5 Å². The van der Waals surface area contributed by atoms with Crippen LogP contribution in [0.5, 0.6) is 0 Å². The maximum atomic E-state index is 12.4. The summed E-state index contributed by atoms with van der Waals surface area (Å²) in [6, 6.07) is 10.00. The van der Waals surface area contributed by atoms with E-state index >= 15 is 0 Å². The number of hydrogen-bond donors (Lipinski definition) is 0. The Bertz CT molecular complexity index is 546. The van der Waals surface area contributed by atoms with Crippen molar-refractivity contribution >= 4 is 22.9 Å². The molecule has 0 aliphatic carbocycles. The van der Waals surface area contributed by atoms with Gasteiger partial charge in [-0.05, 0) is 49.4 Å². The summed E-state index contributed by atoms with van der Waals surface area (Å²) in [5.74, 6) is 0.0844. The summed E-state index contributed by atoms with van der Waals surface area (Å²) >= 11 is 1.49. The lowest BCUT2D eigenvalue weighted by Crippen LogP contribution is -2.30. The Labute approximate surface area is 112 Å².